The first kappa shape index (κ1) is 17.2. The normalized spacial score (nSPS) is 11.5. The van der Waals surface area contributed by atoms with Gasteiger partial charge in [-0.05, 0) is 23.8 Å². The van der Waals surface area contributed by atoms with E-state index in [9.17, 15) is 14.9 Å². The smallest absolute Gasteiger partial charge is 0.310 e. The highest BCUT2D eigenvalue weighted by atomic mass is 16.6. The molecule has 0 spiro atoms. The number of hydrogen-bond acceptors (Lipinski definition) is 5. The van der Waals surface area contributed by atoms with Gasteiger partial charge in [-0.3, -0.25) is 14.9 Å². The molecule has 132 valence electrons. The molecule has 0 fully saturated rings. The van der Waals surface area contributed by atoms with Crippen LogP contribution in [0.2, 0.25) is 0 Å². The molecule has 1 N–H and O–H groups in total. The Balaban J connectivity index is 1.71. The van der Waals surface area contributed by atoms with Crippen molar-refractivity contribution in [3.63, 3.8) is 0 Å². The van der Waals surface area contributed by atoms with E-state index in [1.54, 1.807) is 18.2 Å². The van der Waals surface area contributed by atoms with Crippen LogP contribution >= 0.6 is 0 Å². The minimum Gasteiger partial charge on any atom is -0.477 e. The standard InChI is InChI=1S/C19H16N2O5/c22-18(13-26-16-10-5-4-9-15(16)21(23)24)20-19(17-11-6-12-25-17)14-7-2-1-3-8-14/h1-12,19H,13H2,(H,20,22)/t19-/m1/s1. The fourth-order valence-electron chi connectivity index (χ4n) is 2.50. The number of para-hydroxylation sites is 2. The van der Waals surface area contributed by atoms with Crippen molar-refractivity contribution in [3.8, 4) is 5.75 Å². The molecule has 2 aromatic carbocycles. The summed E-state index contributed by atoms with van der Waals surface area (Å²) >= 11 is 0. The second-order valence-corrected chi connectivity index (χ2v) is 5.44. The van der Waals surface area contributed by atoms with Gasteiger partial charge in [0, 0.05) is 6.07 Å². The number of nitro groups is 1. The summed E-state index contributed by atoms with van der Waals surface area (Å²) in [5.41, 5.74) is 0.660. The maximum absolute atomic E-state index is 12.3. The van der Waals surface area contributed by atoms with E-state index in [0.29, 0.717) is 5.76 Å². The van der Waals surface area contributed by atoms with E-state index in [-0.39, 0.29) is 18.0 Å². The van der Waals surface area contributed by atoms with Gasteiger partial charge >= 0.3 is 5.69 Å². The van der Waals surface area contributed by atoms with Crippen molar-refractivity contribution in [1.29, 1.82) is 0 Å². The Hall–Kier alpha value is -3.61. The summed E-state index contributed by atoms with van der Waals surface area (Å²) in [4.78, 5) is 22.8. The summed E-state index contributed by atoms with van der Waals surface area (Å²) in [6, 6.07) is 18.3. The Kier molecular flexibility index (Phi) is 5.28. The van der Waals surface area contributed by atoms with Crippen LogP contribution in [0, 0.1) is 10.1 Å². The highest BCUT2D eigenvalue weighted by molar-refractivity contribution is 5.78. The van der Waals surface area contributed by atoms with Crippen LogP contribution in [0.3, 0.4) is 0 Å². The third-order valence-electron chi connectivity index (χ3n) is 3.69. The zero-order valence-corrected chi connectivity index (χ0v) is 13.7. The largest absolute Gasteiger partial charge is 0.477 e. The Morgan fingerprint density at radius 1 is 1.08 bits per heavy atom. The molecule has 0 bridgehead atoms. The average Bonchev–Trinajstić information content (AvgIpc) is 3.19. The number of carbonyl (C=O) groups excluding carboxylic acids is 1. The van der Waals surface area contributed by atoms with Crippen LogP contribution in [0.5, 0.6) is 5.75 Å². The van der Waals surface area contributed by atoms with E-state index < -0.39 is 16.9 Å². The van der Waals surface area contributed by atoms with Gasteiger partial charge in [-0.2, -0.15) is 0 Å². The minimum atomic E-state index is -0.553. The first-order valence-corrected chi connectivity index (χ1v) is 7.89. The van der Waals surface area contributed by atoms with Crippen molar-refractivity contribution in [2.45, 2.75) is 6.04 Å². The third kappa shape index (κ3) is 4.07. The number of ether oxygens (including phenoxy) is 1. The van der Waals surface area contributed by atoms with Crippen LogP contribution in [0.25, 0.3) is 0 Å². The Labute approximate surface area is 149 Å². The van der Waals surface area contributed by atoms with Crippen molar-refractivity contribution < 1.29 is 18.9 Å². The van der Waals surface area contributed by atoms with Gasteiger partial charge in [0.25, 0.3) is 5.91 Å². The van der Waals surface area contributed by atoms with E-state index in [2.05, 4.69) is 5.32 Å². The first-order valence-electron chi connectivity index (χ1n) is 7.89. The molecule has 1 aromatic heterocycles. The predicted octanol–water partition coefficient (Wildman–Crippen LogP) is 3.47. The molecule has 7 heteroatoms. The number of amides is 1. The lowest BCUT2D eigenvalue weighted by molar-refractivity contribution is -0.385. The number of furan rings is 1. The number of hydrogen-bond donors (Lipinski definition) is 1. The SMILES string of the molecule is O=C(COc1ccccc1[N+](=O)[O-])N[C@H](c1ccccc1)c1ccco1. The van der Waals surface area contributed by atoms with Crippen molar-refractivity contribution in [1.82, 2.24) is 5.32 Å². The number of rotatable bonds is 7. The van der Waals surface area contributed by atoms with Gasteiger partial charge in [-0.15, -0.1) is 0 Å². The topological polar surface area (TPSA) is 94.6 Å². The Bertz CT molecular complexity index is 878. The van der Waals surface area contributed by atoms with Gasteiger partial charge in [-0.25, -0.2) is 0 Å². The lowest BCUT2D eigenvalue weighted by Crippen LogP contribution is -2.33. The molecular weight excluding hydrogens is 336 g/mol. The van der Waals surface area contributed by atoms with E-state index in [1.165, 1.54) is 24.5 Å². The van der Waals surface area contributed by atoms with Gasteiger partial charge in [0.15, 0.2) is 12.4 Å². The van der Waals surface area contributed by atoms with Crippen LogP contribution in [0.4, 0.5) is 5.69 Å². The molecule has 26 heavy (non-hydrogen) atoms. The van der Waals surface area contributed by atoms with E-state index in [1.807, 2.05) is 30.3 Å². The maximum Gasteiger partial charge on any atom is 0.310 e. The molecule has 1 amide bonds. The molecule has 0 saturated heterocycles. The van der Waals surface area contributed by atoms with E-state index >= 15 is 0 Å². The molecule has 1 atom stereocenters. The van der Waals surface area contributed by atoms with Gasteiger partial charge < -0.3 is 14.5 Å². The first-order chi connectivity index (χ1) is 12.6. The summed E-state index contributed by atoms with van der Waals surface area (Å²) in [5, 5.41) is 13.8. The Morgan fingerprint density at radius 3 is 2.50 bits per heavy atom. The van der Waals surface area contributed by atoms with Crippen LogP contribution < -0.4 is 10.1 Å². The summed E-state index contributed by atoms with van der Waals surface area (Å²) in [5.74, 6) is 0.200. The molecule has 3 rings (SSSR count). The second-order valence-electron chi connectivity index (χ2n) is 5.44. The fourth-order valence-corrected chi connectivity index (χ4v) is 2.50. The van der Waals surface area contributed by atoms with Crippen LogP contribution in [-0.2, 0) is 4.79 Å². The molecule has 0 saturated carbocycles. The van der Waals surface area contributed by atoms with Gasteiger partial charge in [0.2, 0.25) is 0 Å². The number of benzene rings is 2. The van der Waals surface area contributed by atoms with Gasteiger partial charge in [0.1, 0.15) is 11.8 Å². The summed E-state index contributed by atoms with van der Waals surface area (Å²) in [6.45, 7) is -0.352. The molecule has 0 aliphatic heterocycles. The maximum atomic E-state index is 12.3. The van der Waals surface area contributed by atoms with Crippen LogP contribution in [0.1, 0.15) is 17.4 Å². The average molecular weight is 352 g/mol. The van der Waals surface area contributed by atoms with Crippen molar-refractivity contribution in [2.75, 3.05) is 6.61 Å². The molecule has 3 aromatic rings. The number of nitrogens with zero attached hydrogens (tertiary/aromatic N) is 1. The third-order valence-corrected chi connectivity index (χ3v) is 3.69. The summed E-state index contributed by atoms with van der Waals surface area (Å²) in [7, 11) is 0. The van der Waals surface area contributed by atoms with Gasteiger partial charge in [-0.1, -0.05) is 42.5 Å². The van der Waals surface area contributed by atoms with E-state index in [0.717, 1.165) is 5.56 Å². The summed E-state index contributed by atoms with van der Waals surface area (Å²) in [6.07, 6.45) is 1.53. The summed E-state index contributed by atoms with van der Waals surface area (Å²) < 4.78 is 10.7. The van der Waals surface area contributed by atoms with Crippen LogP contribution in [-0.4, -0.2) is 17.4 Å². The predicted molar refractivity (Wildman–Crippen MR) is 93.7 cm³/mol. The monoisotopic (exact) mass is 352 g/mol. The van der Waals surface area contributed by atoms with Crippen molar-refractivity contribution >= 4 is 11.6 Å². The minimum absolute atomic E-state index is 0.0434. The number of carbonyl (C=O) groups is 1. The fraction of sp³-hybridized carbons (Fsp3) is 0.105. The molecule has 0 aliphatic rings. The van der Waals surface area contributed by atoms with E-state index in [4.69, 9.17) is 9.15 Å². The molecule has 0 radical (unpaired) electrons. The Morgan fingerprint density at radius 2 is 1.81 bits per heavy atom. The highest BCUT2D eigenvalue weighted by Gasteiger charge is 2.20. The molecule has 0 aliphatic carbocycles. The molecule has 0 unspecified atom stereocenters. The van der Waals surface area contributed by atoms with Crippen molar-refractivity contribution in [3.05, 3.63) is 94.4 Å². The number of nitrogens with one attached hydrogen (secondary N) is 1. The van der Waals surface area contributed by atoms with Crippen molar-refractivity contribution in [2.24, 2.45) is 0 Å². The van der Waals surface area contributed by atoms with Gasteiger partial charge in [0.05, 0.1) is 11.2 Å². The zero-order valence-electron chi connectivity index (χ0n) is 13.7. The zero-order chi connectivity index (χ0) is 18.4. The highest BCUT2D eigenvalue weighted by Crippen LogP contribution is 2.26. The molecule has 7 nitrogen and oxygen atoms in total. The molecular formula is C19H16N2O5. The number of nitro benzene ring substituents is 1. The quantitative estimate of drug-likeness (QED) is 0.519. The lowest BCUT2D eigenvalue weighted by Gasteiger charge is -2.17. The molecule has 1 heterocycles. The van der Waals surface area contributed by atoms with Crippen LogP contribution in [0.15, 0.2) is 77.4 Å². The lowest BCUT2D eigenvalue weighted by atomic mass is 10.0. The second kappa shape index (κ2) is 7.98.